The van der Waals surface area contributed by atoms with Gasteiger partial charge in [-0.3, -0.25) is 9.13 Å². The Morgan fingerprint density at radius 2 is 1.92 bits per heavy atom. The van der Waals surface area contributed by atoms with Gasteiger partial charge in [-0.2, -0.15) is 0 Å². The Balaban J connectivity index is 1.57. The summed E-state index contributed by atoms with van der Waals surface area (Å²) < 4.78 is 34.6. The minimum Gasteiger partial charge on any atom is -0.381 e. The molecule has 2 aliphatic rings. The third-order valence-corrected chi connectivity index (χ3v) is 9.98. The number of imidazole rings is 1. The van der Waals surface area contributed by atoms with Crippen LogP contribution in [-0.4, -0.2) is 46.8 Å². The summed E-state index contributed by atoms with van der Waals surface area (Å²) >= 11 is 2.05. The molecule has 7 nitrogen and oxygen atoms in total. The molecule has 1 saturated carbocycles. The highest BCUT2D eigenvalue weighted by atomic mass is 127. The number of alkyl halides is 2. The third-order valence-electron chi connectivity index (χ3n) is 6.59. The molecule has 0 radical (unpaired) electrons. The molecule has 1 amide bonds. The Bertz CT molecular complexity index is 1280. The van der Waals surface area contributed by atoms with E-state index in [2.05, 4.69) is 74.2 Å². The molecule has 2 fully saturated rings. The predicted molar refractivity (Wildman–Crippen MR) is 152 cm³/mol. The maximum Gasteiger partial charge on any atom is 0.295 e. The van der Waals surface area contributed by atoms with Crippen molar-refractivity contribution in [2.45, 2.75) is 38.0 Å². The summed E-state index contributed by atoms with van der Waals surface area (Å²) in [4.78, 5) is 21.3. The molecular weight excluding hydrogens is 617 g/mol. The van der Waals surface area contributed by atoms with Crippen LogP contribution >= 0.6 is 36.3 Å². The van der Waals surface area contributed by atoms with Crippen molar-refractivity contribution in [2.24, 2.45) is 5.92 Å². The van der Waals surface area contributed by atoms with Crippen molar-refractivity contribution in [3.05, 3.63) is 35.7 Å². The summed E-state index contributed by atoms with van der Waals surface area (Å²) in [5.41, 5.74) is 3.49. The van der Waals surface area contributed by atoms with Crippen molar-refractivity contribution in [1.82, 2.24) is 14.3 Å². The molecule has 12 heteroatoms. The van der Waals surface area contributed by atoms with Crippen LogP contribution in [0.5, 0.6) is 0 Å². The maximum absolute atomic E-state index is 13.8. The zero-order valence-electron chi connectivity index (χ0n) is 20.0. The van der Waals surface area contributed by atoms with Crippen molar-refractivity contribution >= 4 is 75.9 Å². The fourth-order valence-electron chi connectivity index (χ4n) is 4.48. The van der Waals surface area contributed by atoms with Crippen molar-refractivity contribution in [3.8, 4) is 0 Å². The van der Waals surface area contributed by atoms with Crippen LogP contribution in [0.25, 0.3) is 11.2 Å². The molecule has 1 saturated heterocycles. The first-order chi connectivity index (χ1) is 17.4. The number of rotatable bonds is 8. The first-order valence-corrected chi connectivity index (χ1v) is 18.2. The highest BCUT2D eigenvalue weighted by Gasteiger charge is 2.30. The quantitative estimate of drug-likeness (QED) is 0.216. The van der Waals surface area contributed by atoms with Crippen molar-refractivity contribution in [2.75, 3.05) is 37.2 Å². The number of hydrogen-bond acceptors (Lipinski definition) is 5. The van der Waals surface area contributed by atoms with Crippen LogP contribution in [0.1, 0.15) is 49.4 Å². The lowest BCUT2D eigenvalue weighted by atomic mass is 9.91. The van der Waals surface area contributed by atoms with E-state index in [1.54, 1.807) is 6.07 Å². The first kappa shape index (κ1) is 26.1. The van der Waals surface area contributed by atoms with Gasteiger partial charge < -0.3 is 15.4 Å². The second-order valence-corrected chi connectivity index (χ2v) is 13.7. The lowest BCUT2D eigenvalue weighted by molar-refractivity contribution is -0.117. The fraction of sp³-hybridized carbons (Fsp3) is 0.458. The highest BCUT2D eigenvalue weighted by Crippen LogP contribution is 2.40. The van der Waals surface area contributed by atoms with Gasteiger partial charge in [-0.05, 0) is 90.0 Å². The van der Waals surface area contributed by atoms with Gasteiger partial charge in [0.2, 0.25) is 5.91 Å². The molecule has 0 bridgehead atoms. The number of hydrogen-bond donors (Lipinski definition) is 2. The predicted octanol–water partition coefficient (Wildman–Crippen LogP) is 6.51. The van der Waals surface area contributed by atoms with Crippen LogP contribution in [-0.2, 0) is 9.53 Å². The van der Waals surface area contributed by atoms with Crippen molar-refractivity contribution in [1.29, 1.82) is 0 Å². The van der Waals surface area contributed by atoms with Gasteiger partial charge in [-0.25, -0.2) is 18.7 Å². The second kappa shape index (κ2) is 11.1. The number of amides is 1. The Morgan fingerprint density at radius 3 is 2.56 bits per heavy atom. The van der Waals surface area contributed by atoms with Crippen LogP contribution < -0.4 is 15.9 Å². The van der Waals surface area contributed by atoms with Gasteiger partial charge in [-0.15, -0.1) is 0 Å². The minimum atomic E-state index is -2.73. The second-order valence-electron chi connectivity index (χ2n) is 9.36. The first-order valence-electron chi connectivity index (χ1n) is 11.9. The number of fused-ring (bicyclic) bond motifs is 1. The number of anilines is 3. The Morgan fingerprint density at radius 1 is 1.17 bits per heavy atom. The van der Waals surface area contributed by atoms with E-state index in [0.29, 0.717) is 28.6 Å². The summed E-state index contributed by atoms with van der Waals surface area (Å²) in [5.74, 6) is 0.417. The van der Waals surface area contributed by atoms with Gasteiger partial charge in [0.15, 0.2) is 11.5 Å². The van der Waals surface area contributed by atoms with E-state index in [1.807, 2.05) is 0 Å². The number of carbonyl (C=O) groups excluding carboxylic acids is 1. The standard InChI is InChI=1S/C24H28F2IN5O2P2/c1-36(2)18-11-15(13-7-9-34-10-8-13)5-6-16(18)28-17-12-19(30-24(33)14-3-4-14)29-22-20(17)31-23(21(25)26)32(22)35-27/h5-6,11-14,21,35H,3-4,7-10H2,1-2H3,(H2,28,29,30,33). The van der Waals surface area contributed by atoms with Gasteiger partial charge in [0.1, 0.15) is 11.3 Å². The van der Waals surface area contributed by atoms with Crippen LogP contribution in [0, 0.1) is 5.92 Å². The molecule has 0 spiro atoms. The lowest BCUT2D eigenvalue weighted by Crippen LogP contribution is -2.17. The Labute approximate surface area is 224 Å². The molecule has 1 aliphatic carbocycles. The Kier molecular flexibility index (Phi) is 8.06. The number of aromatic nitrogens is 3. The maximum atomic E-state index is 13.8. The zero-order chi connectivity index (χ0) is 25.4. The van der Waals surface area contributed by atoms with Crippen LogP contribution in [0.4, 0.5) is 26.0 Å². The molecule has 3 aromatic rings. The average molecular weight is 645 g/mol. The molecule has 5 rings (SSSR count). The van der Waals surface area contributed by atoms with Gasteiger partial charge >= 0.3 is 0 Å². The molecule has 3 heterocycles. The van der Waals surface area contributed by atoms with E-state index in [-0.39, 0.29) is 24.0 Å². The van der Waals surface area contributed by atoms with Crippen LogP contribution in [0.15, 0.2) is 24.3 Å². The summed E-state index contributed by atoms with van der Waals surface area (Å²) in [6.45, 7) is 5.97. The van der Waals surface area contributed by atoms with E-state index in [9.17, 15) is 13.6 Å². The molecule has 192 valence electrons. The molecular formula is C24H28F2IN5O2P2. The van der Waals surface area contributed by atoms with E-state index >= 15 is 0 Å². The molecule has 1 atom stereocenters. The number of halogens is 3. The monoisotopic (exact) mass is 645 g/mol. The molecule has 2 aromatic heterocycles. The molecule has 1 aromatic carbocycles. The summed E-state index contributed by atoms with van der Waals surface area (Å²) in [6.07, 6.45) is 1.01. The van der Waals surface area contributed by atoms with Gasteiger partial charge in [-0.1, -0.05) is 14.0 Å². The van der Waals surface area contributed by atoms with Crippen molar-refractivity contribution < 1.29 is 18.3 Å². The van der Waals surface area contributed by atoms with E-state index in [1.165, 1.54) is 15.2 Å². The largest absolute Gasteiger partial charge is 0.381 e. The van der Waals surface area contributed by atoms with Crippen molar-refractivity contribution in [3.63, 3.8) is 0 Å². The average Bonchev–Trinajstić information content (AvgIpc) is 3.65. The number of benzene rings is 1. The fourth-order valence-corrected chi connectivity index (χ4v) is 7.40. The van der Waals surface area contributed by atoms with E-state index in [0.717, 1.165) is 44.6 Å². The molecule has 1 aliphatic heterocycles. The van der Waals surface area contributed by atoms with Crippen LogP contribution in [0.3, 0.4) is 0 Å². The highest BCUT2D eigenvalue weighted by molar-refractivity contribution is 14.2. The topological polar surface area (TPSA) is 81.1 Å². The van der Waals surface area contributed by atoms with Gasteiger partial charge in [0, 0.05) is 30.9 Å². The van der Waals surface area contributed by atoms with Gasteiger partial charge in [0.05, 0.1) is 12.1 Å². The molecule has 2 N–H and O–H groups in total. The number of nitrogens with one attached hydrogen (secondary N) is 2. The zero-order valence-corrected chi connectivity index (χ0v) is 24.1. The summed E-state index contributed by atoms with van der Waals surface area (Å²) in [7, 11) is -0.454. The van der Waals surface area contributed by atoms with E-state index < -0.39 is 14.3 Å². The molecule has 1 unspecified atom stereocenters. The van der Waals surface area contributed by atoms with Crippen LogP contribution in [0.2, 0.25) is 0 Å². The number of carbonyl (C=O) groups is 1. The van der Waals surface area contributed by atoms with Gasteiger partial charge in [0.25, 0.3) is 6.43 Å². The lowest BCUT2D eigenvalue weighted by Gasteiger charge is -2.24. The van der Waals surface area contributed by atoms with E-state index in [4.69, 9.17) is 4.74 Å². The normalized spacial score (nSPS) is 17.1. The Hall–Kier alpha value is -1.48. The number of pyridine rings is 1. The molecule has 36 heavy (non-hydrogen) atoms. The number of ether oxygens (including phenoxy) is 1. The smallest absolute Gasteiger partial charge is 0.295 e. The summed E-state index contributed by atoms with van der Waals surface area (Å²) in [5, 5.41) is 7.55. The third kappa shape index (κ3) is 5.52. The summed E-state index contributed by atoms with van der Waals surface area (Å²) in [6, 6.07) is 8.19. The number of nitrogens with zero attached hydrogens (tertiary/aromatic N) is 3. The minimum absolute atomic E-state index is 0.0000303. The SMILES string of the molecule is CP(C)c1cc(C2CCOCC2)ccc1Nc1cc(NC(=O)C2CC2)nc2c1nc(C(F)F)n2PI.